The largest absolute Gasteiger partial charge is 0.316 e. The predicted molar refractivity (Wildman–Crippen MR) is 67.9 cm³/mol. The van der Waals surface area contributed by atoms with Crippen LogP contribution in [0.4, 0.5) is 0 Å². The van der Waals surface area contributed by atoms with E-state index in [1.54, 1.807) is 11.3 Å². The van der Waals surface area contributed by atoms with Crippen molar-refractivity contribution < 1.29 is 0 Å². The Kier molecular flexibility index (Phi) is 3.39. The molecule has 1 aromatic heterocycles. The van der Waals surface area contributed by atoms with Crippen molar-refractivity contribution in [1.29, 1.82) is 0 Å². The van der Waals surface area contributed by atoms with Crippen LogP contribution >= 0.6 is 22.9 Å². The molecule has 0 bridgehead atoms. The van der Waals surface area contributed by atoms with E-state index in [0.717, 1.165) is 23.3 Å². The van der Waals surface area contributed by atoms with Crippen LogP contribution in [0.15, 0.2) is 11.4 Å². The van der Waals surface area contributed by atoms with E-state index in [1.165, 1.54) is 18.4 Å². The number of hydrogen-bond acceptors (Lipinski definition) is 2. The van der Waals surface area contributed by atoms with Crippen LogP contribution in [-0.4, -0.2) is 13.1 Å². The third-order valence-corrected chi connectivity index (χ3v) is 4.55. The van der Waals surface area contributed by atoms with Crippen LogP contribution in [0.1, 0.15) is 32.3 Å². The summed E-state index contributed by atoms with van der Waals surface area (Å²) in [5, 5.41) is 5.71. The molecule has 1 saturated carbocycles. The van der Waals surface area contributed by atoms with Gasteiger partial charge in [0, 0.05) is 0 Å². The van der Waals surface area contributed by atoms with Crippen molar-refractivity contribution in [2.24, 2.45) is 5.92 Å². The summed E-state index contributed by atoms with van der Waals surface area (Å²) in [5.74, 6) is 0.801. The molecule has 1 fully saturated rings. The van der Waals surface area contributed by atoms with E-state index in [2.05, 4.69) is 30.6 Å². The maximum absolute atomic E-state index is 5.97. The molecular weight excluding hydrogens is 226 g/mol. The smallest absolute Gasteiger partial charge is 0.0931 e. The van der Waals surface area contributed by atoms with E-state index >= 15 is 0 Å². The molecule has 0 saturated heterocycles. The fraction of sp³-hybridized carbons (Fsp3) is 0.667. The number of rotatable bonds is 5. The zero-order chi connectivity index (χ0) is 10.9. The molecule has 3 heteroatoms. The van der Waals surface area contributed by atoms with Crippen molar-refractivity contribution in [3.8, 4) is 0 Å². The highest BCUT2D eigenvalue weighted by atomic mass is 35.5. The number of hydrogen-bond donors (Lipinski definition) is 1. The number of halogens is 1. The zero-order valence-corrected chi connectivity index (χ0v) is 10.9. The number of nitrogens with one attached hydrogen (secondary N) is 1. The van der Waals surface area contributed by atoms with E-state index < -0.39 is 0 Å². The van der Waals surface area contributed by atoms with Gasteiger partial charge in [-0.3, -0.25) is 0 Å². The highest BCUT2D eigenvalue weighted by Gasteiger charge is 2.50. The van der Waals surface area contributed by atoms with Crippen LogP contribution in [0.5, 0.6) is 0 Å². The Morgan fingerprint density at radius 2 is 2.47 bits per heavy atom. The summed E-state index contributed by atoms with van der Waals surface area (Å²) < 4.78 is 0.915. The Labute approximate surface area is 101 Å². The minimum atomic E-state index is 0.393. The first kappa shape index (κ1) is 11.4. The summed E-state index contributed by atoms with van der Waals surface area (Å²) in [6, 6.07) is 2.13. The van der Waals surface area contributed by atoms with E-state index in [9.17, 15) is 0 Å². The van der Waals surface area contributed by atoms with Crippen molar-refractivity contribution in [2.75, 3.05) is 13.1 Å². The fourth-order valence-corrected chi connectivity index (χ4v) is 3.19. The summed E-state index contributed by atoms with van der Waals surface area (Å²) >= 11 is 7.62. The Morgan fingerprint density at radius 3 is 3.07 bits per heavy atom. The molecule has 0 amide bonds. The Morgan fingerprint density at radius 1 is 1.67 bits per heavy atom. The second-order valence-corrected chi connectivity index (χ2v) is 6.20. The summed E-state index contributed by atoms with van der Waals surface area (Å²) in [6.07, 6.45) is 2.52. The van der Waals surface area contributed by atoms with Crippen molar-refractivity contribution in [3.63, 3.8) is 0 Å². The van der Waals surface area contributed by atoms with Crippen LogP contribution in [0.2, 0.25) is 4.34 Å². The Bertz CT molecular complexity index is 336. The van der Waals surface area contributed by atoms with Gasteiger partial charge in [-0.2, -0.15) is 0 Å². The molecule has 0 radical (unpaired) electrons. The third-order valence-electron chi connectivity index (χ3n) is 3.46. The van der Waals surface area contributed by atoms with Gasteiger partial charge in [0.25, 0.3) is 0 Å². The third kappa shape index (κ3) is 2.38. The van der Waals surface area contributed by atoms with Gasteiger partial charge in [0.1, 0.15) is 0 Å². The highest BCUT2D eigenvalue weighted by molar-refractivity contribution is 7.14. The highest BCUT2D eigenvalue weighted by Crippen LogP contribution is 2.54. The molecule has 1 N–H and O–H groups in total. The van der Waals surface area contributed by atoms with Crippen molar-refractivity contribution >= 4 is 22.9 Å². The first-order valence-corrected chi connectivity index (χ1v) is 6.88. The first-order chi connectivity index (χ1) is 7.16. The van der Waals surface area contributed by atoms with Gasteiger partial charge in [-0.1, -0.05) is 25.4 Å². The van der Waals surface area contributed by atoms with Crippen LogP contribution in [0.3, 0.4) is 0 Å². The first-order valence-electron chi connectivity index (χ1n) is 5.62. The summed E-state index contributed by atoms with van der Waals surface area (Å²) in [6.45, 7) is 6.84. The SMILES string of the molecule is CCCNCC1CC1(C)c1csc(Cl)c1. The quantitative estimate of drug-likeness (QED) is 0.778. The lowest BCUT2D eigenvalue weighted by molar-refractivity contribution is 0.576. The predicted octanol–water partition coefficient (Wildman–Crippen LogP) is 3.68. The second-order valence-electron chi connectivity index (χ2n) is 4.66. The monoisotopic (exact) mass is 243 g/mol. The molecule has 1 aliphatic rings. The average molecular weight is 244 g/mol. The van der Waals surface area contributed by atoms with Crippen LogP contribution < -0.4 is 5.32 Å². The molecule has 0 aliphatic heterocycles. The lowest BCUT2D eigenvalue weighted by atomic mass is 9.99. The summed E-state index contributed by atoms with van der Waals surface area (Å²) in [7, 11) is 0. The molecular formula is C12H18ClNS. The average Bonchev–Trinajstić information content (AvgIpc) is 2.66. The molecule has 2 unspecified atom stereocenters. The summed E-state index contributed by atoms with van der Waals surface area (Å²) in [5.41, 5.74) is 1.82. The van der Waals surface area contributed by atoms with E-state index in [0.29, 0.717) is 5.41 Å². The molecule has 15 heavy (non-hydrogen) atoms. The molecule has 1 aromatic rings. The maximum Gasteiger partial charge on any atom is 0.0931 e. The maximum atomic E-state index is 5.97. The Hall–Kier alpha value is -0.0500. The van der Waals surface area contributed by atoms with Gasteiger partial charge in [-0.05, 0) is 54.3 Å². The minimum absolute atomic E-state index is 0.393. The fourth-order valence-electron chi connectivity index (χ4n) is 2.17. The molecule has 0 spiro atoms. The molecule has 1 heterocycles. The van der Waals surface area contributed by atoms with Crippen molar-refractivity contribution in [1.82, 2.24) is 5.32 Å². The van der Waals surface area contributed by atoms with Crippen LogP contribution in [-0.2, 0) is 5.41 Å². The van der Waals surface area contributed by atoms with Crippen LogP contribution in [0.25, 0.3) is 0 Å². The van der Waals surface area contributed by atoms with E-state index in [1.807, 2.05) is 0 Å². The topological polar surface area (TPSA) is 12.0 Å². The molecule has 2 rings (SSSR count). The standard InChI is InChI=1S/C12H18ClNS/c1-3-4-14-7-10-6-12(10,2)9-5-11(13)15-8-9/h5,8,10,14H,3-4,6-7H2,1-2H3. The van der Waals surface area contributed by atoms with E-state index in [-0.39, 0.29) is 0 Å². The van der Waals surface area contributed by atoms with Gasteiger partial charge in [-0.15, -0.1) is 11.3 Å². The van der Waals surface area contributed by atoms with Crippen molar-refractivity contribution in [3.05, 3.63) is 21.3 Å². The van der Waals surface area contributed by atoms with E-state index in [4.69, 9.17) is 11.6 Å². The summed E-state index contributed by atoms with van der Waals surface area (Å²) in [4.78, 5) is 0. The lowest BCUT2D eigenvalue weighted by Crippen LogP contribution is -2.20. The van der Waals surface area contributed by atoms with Crippen molar-refractivity contribution in [2.45, 2.75) is 32.1 Å². The minimum Gasteiger partial charge on any atom is -0.316 e. The van der Waals surface area contributed by atoms with Gasteiger partial charge in [0.05, 0.1) is 4.34 Å². The van der Waals surface area contributed by atoms with Gasteiger partial charge >= 0.3 is 0 Å². The van der Waals surface area contributed by atoms with Gasteiger partial charge < -0.3 is 5.32 Å². The molecule has 84 valence electrons. The zero-order valence-electron chi connectivity index (χ0n) is 9.35. The van der Waals surface area contributed by atoms with Gasteiger partial charge in [0.15, 0.2) is 0 Å². The van der Waals surface area contributed by atoms with Gasteiger partial charge in [0.2, 0.25) is 0 Å². The Balaban J connectivity index is 1.89. The number of thiophene rings is 1. The molecule has 2 atom stereocenters. The lowest BCUT2D eigenvalue weighted by Gasteiger charge is -2.09. The van der Waals surface area contributed by atoms with Gasteiger partial charge in [-0.25, -0.2) is 0 Å². The molecule has 1 aliphatic carbocycles. The molecule has 1 nitrogen and oxygen atoms in total. The molecule has 0 aromatic carbocycles. The van der Waals surface area contributed by atoms with Crippen LogP contribution in [0, 0.1) is 5.92 Å². The normalized spacial score (nSPS) is 29.4. The second kappa shape index (κ2) is 4.44.